The van der Waals surface area contributed by atoms with E-state index in [1.807, 2.05) is 0 Å². The van der Waals surface area contributed by atoms with Gasteiger partial charge in [-0.25, -0.2) is 4.98 Å². The predicted octanol–water partition coefficient (Wildman–Crippen LogP) is 3.48. The van der Waals surface area contributed by atoms with Crippen LogP contribution < -0.4 is 9.47 Å². The lowest BCUT2D eigenvalue weighted by Gasteiger charge is -2.11. The second-order valence-electron chi connectivity index (χ2n) is 3.48. The maximum Gasteiger partial charge on any atom is 0.179 e. The molecule has 0 saturated carbocycles. The van der Waals surface area contributed by atoms with Crippen LogP contribution in [0.3, 0.4) is 0 Å². The van der Waals surface area contributed by atoms with E-state index in [4.69, 9.17) is 33.3 Å². The molecule has 0 fully saturated rings. The average Bonchev–Trinajstić information content (AvgIpc) is 2.37. The number of ether oxygens (including phenoxy) is 2. The Morgan fingerprint density at radius 1 is 1.28 bits per heavy atom. The summed E-state index contributed by atoms with van der Waals surface area (Å²) in [4.78, 5) is 7.19. The Morgan fingerprint density at radius 3 is 2.67 bits per heavy atom. The second kappa shape index (κ2) is 5.37. The number of aromatic nitrogens is 2. The van der Waals surface area contributed by atoms with Crippen molar-refractivity contribution in [3.05, 3.63) is 34.1 Å². The van der Waals surface area contributed by atoms with Crippen molar-refractivity contribution in [3.63, 3.8) is 0 Å². The number of hydrogen-bond donors (Lipinski definition) is 1. The van der Waals surface area contributed by atoms with Crippen LogP contribution in [0.2, 0.25) is 5.02 Å². The molecule has 1 heterocycles. The molecule has 94 valence electrons. The van der Waals surface area contributed by atoms with Crippen LogP contribution in [0.5, 0.6) is 11.5 Å². The van der Waals surface area contributed by atoms with Gasteiger partial charge in [0.05, 0.1) is 19.2 Å². The molecule has 1 aromatic carbocycles. The Hall–Kier alpha value is -1.59. The van der Waals surface area contributed by atoms with E-state index >= 15 is 0 Å². The largest absolute Gasteiger partial charge is 0.493 e. The van der Waals surface area contributed by atoms with Crippen LogP contribution in [0.25, 0.3) is 11.4 Å². The fraction of sp³-hybridized carbons (Fsp3) is 0.167. The monoisotopic (exact) mass is 282 g/mol. The van der Waals surface area contributed by atoms with Crippen molar-refractivity contribution < 1.29 is 9.47 Å². The number of nitrogens with one attached hydrogen (secondary N) is 1. The van der Waals surface area contributed by atoms with Gasteiger partial charge < -0.3 is 14.5 Å². The summed E-state index contributed by atoms with van der Waals surface area (Å²) in [6.45, 7) is 0. The minimum atomic E-state index is 0.455. The summed E-state index contributed by atoms with van der Waals surface area (Å²) in [6, 6.07) is 5.25. The van der Waals surface area contributed by atoms with Crippen molar-refractivity contribution in [2.75, 3.05) is 14.2 Å². The molecular formula is C12H11ClN2O2S. The molecule has 2 aromatic rings. The SMILES string of the molecule is COc1cc(-c2nccc(=S)[nH]2)cc(Cl)c1OC. The smallest absolute Gasteiger partial charge is 0.179 e. The average molecular weight is 283 g/mol. The molecular weight excluding hydrogens is 272 g/mol. The first-order valence-electron chi connectivity index (χ1n) is 5.13. The van der Waals surface area contributed by atoms with Gasteiger partial charge in [-0.3, -0.25) is 0 Å². The van der Waals surface area contributed by atoms with Gasteiger partial charge in [0.2, 0.25) is 0 Å². The molecule has 0 aliphatic rings. The number of methoxy groups -OCH3 is 2. The minimum absolute atomic E-state index is 0.455. The summed E-state index contributed by atoms with van der Waals surface area (Å²) >= 11 is 11.2. The highest BCUT2D eigenvalue weighted by molar-refractivity contribution is 7.71. The fourth-order valence-electron chi connectivity index (χ4n) is 1.57. The van der Waals surface area contributed by atoms with E-state index in [0.717, 1.165) is 5.56 Å². The van der Waals surface area contributed by atoms with Crippen LogP contribution in [-0.4, -0.2) is 24.2 Å². The van der Waals surface area contributed by atoms with Crippen molar-refractivity contribution in [2.24, 2.45) is 0 Å². The number of nitrogens with zero attached hydrogens (tertiary/aromatic N) is 1. The van der Waals surface area contributed by atoms with Crippen LogP contribution in [0.15, 0.2) is 24.4 Å². The third-order valence-corrected chi connectivity index (χ3v) is 2.90. The summed E-state index contributed by atoms with van der Waals surface area (Å²) in [5, 5.41) is 0.455. The quantitative estimate of drug-likeness (QED) is 0.876. The van der Waals surface area contributed by atoms with E-state index in [0.29, 0.717) is 27.0 Å². The molecule has 0 spiro atoms. The first-order chi connectivity index (χ1) is 8.65. The van der Waals surface area contributed by atoms with Crippen LogP contribution in [0.4, 0.5) is 0 Å². The standard InChI is InChI=1S/C12H11ClN2O2S/c1-16-9-6-7(5-8(13)11(9)17-2)12-14-4-3-10(18)15-12/h3-6H,1-2H3,(H,14,15,18). The Labute approximate surface area is 115 Å². The van der Waals surface area contributed by atoms with Crippen molar-refractivity contribution in [3.8, 4) is 22.9 Å². The topological polar surface area (TPSA) is 47.1 Å². The Morgan fingerprint density at radius 2 is 2.06 bits per heavy atom. The molecule has 0 unspecified atom stereocenters. The molecule has 1 aromatic heterocycles. The maximum atomic E-state index is 6.13. The van der Waals surface area contributed by atoms with E-state index in [-0.39, 0.29) is 0 Å². The molecule has 6 heteroatoms. The normalized spacial score (nSPS) is 10.2. The number of rotatable bonds is 3. The van der Waals surface area contributed by atoms with Crippen LogP contribution in [0, 0.1) is 4.64 Å². The van der Waals surface area contributed by atoms with Gasteiger partial charge >= 0.3 is 0 Å². The van der Waals surface area contributed by atoms with Gasteiger partial charge in [0.15, 0.2) is 11.5 Å². The number of H-pyrrole nitrogens is 1. The fourth-order valence-corrected chi connectivity index (χ4v) is 2.02. The lowest BCUT2D eigenvalue weighted by Crippen LogP contribution is -1.94. The maximum absolute atomic E-state index is 6.13. The van der Waals surface area contributed by atoms with E-state index in [9.17, 15) is 0 Å². The third kappa shape index (κ3) is 2.47. The van der Waals surface area contributed by atoms with Gasteiger partial charge in [0.25, 0.3) is 0 Å². The summed E-state index contributed by atoms with van der Waals surface area (Å²) < 4.78 is 11.0. The zero-order chi connectivity index (χ0) is 13.1. The van der Waals surface area contributed by atoms with Crippen molar-refractivity contribution >= 4 is 23.8 Å². The summed E-state index contributed by atoms with van der Waals surface area (Å²) in [6.07, 6.45) is 1.64. The zero-order valence-electron chi connectivity index (χ0n) is 9.86. The van der Waals surface area contributed by atoms with Gasteiger partial charge in [0.1, 0.15) is 10.5 Å². The second-order valence-corrected chi connectivity index (χ2v) is 4.32. The number of benzene rings is 1. The van der Waals surface area contributed by atoms with Gasteiger partial charge in [-0.2, -0.15) is 0 Å². The molecule has 0 aliphatic carbocycles. The summed E-state index contributed by atoms with van der Waals surface area (Å²) in [7, 11) is 3.09. The van der Waals surface area contributed by atoms with Gasteiger partial charge in [-0.15, -0.1) is 0 Å². The van der Waals surface area contributed by atoms with Gasteiger partial charge in [0, 0.05) is 11.8 Å². The van der Waals surface area contributed by atoms with E-state index < -0.39 is 0 Å². The van der Waals surface area contributed by atoms with E-state index in [1.54, 1.807) is 31.5 Å². The molecule has 0 amide bonds. The minimum Gasteiger partial charge on any atom is -0.493 e. The summed E-state index contributed by atoms with van der Waals surface area (Å²) in [5.74, 6) is 1.67. The molecule has 18 heavy (non-hydrogen) atoms. The molecule has 1 N–H and O–H groups in total. The zero-order valence-corrected chi connectivity index (χ0v) is 11.4. The predicted molar refractivity (Wildman–Crippen MR) is 73.0 cm³/mol. The summed E-state index contributed by atoms with van der Waals surface area (Å²) in [5.41, 5.74) is 0.782. The number of halogens is 1. The van der Waals surface area contributed by atoms with Crippen LogP contribution in [0.1, 0.15) is 0 Å². The van der Waals surface area contributed by atoms with E-state index in [2.05, 4.69) is 9.97 Å². The van der Waals surface area contributed by atoms with Crippen LogP contribution in [-0.2, 0) is 0 Å². The van der Waals surface area contributed by atoms with Crippen molar-refractivity contribution in [1.82, 2.24) is 9.97 Å². The molecule has 4 nitrogen and oxygen atoms in total. The van der Waals surface area contributed by atoms with Crippen molar-refractivity contribution in [1.29, 1.82) is 0 Å². The first kappa shape index (κ1) is 12.9. The van der Waals surface area contributed by atoms with Crippen LogP contribution >= 0.6 is 23.8 Å². The number of aromatic amines is 1. The van der Waals surface area contributed by atoms with Gasteiger partial charge in [-0.1, -0.05) is 23.8 Å². The molecule has 0 saturated heterocycles. The lowest BCUT2D eigenvalue weighted by atomic mass is 10.2. The molecule has 0 radical (unpaired) electrons. The first-order valence-corrected chi connectivity index (χ1v) is 5.91. The van der Waals surface area contributed by atoms with E-state index in [1.165, 1.54) is 7.11 Å². The molecule has 2 rings (SSSR count). The lowest BCUT2D eigenvalue weighted by molar-refractivity contribution is 0.355. The highest BCUT2D eigenvalue weighted by atomic mass is 35.5. The highest BCUT2D eigenvalue weighted by Crippen LogP contribution is 2.38. The molecule has 0 aliphatic heterocycles. The van der Waals surface area contributed by atoms with Gasteiger partial charge in [-0.05, 0) is 18.2 Å². The number of hydrogen-bond acceptors (Lipinski definition) is 4. The Balaban J connectivity index is 2.59. The highest BCUT2D eigenvalue weighted by Gasteiger charge is 2.12. The third-order valence-electron chi connectivity index (χ3n) is 2.38. The Kier molecular flexibility index (Phi) is 3.84. The Bertz CT molecular complexity index is 628. The molecule has 0 atom stereocenters. The molecule has 0 bridgehead atoms. The van der Waals surface area contributed by atoms with Crippen molar-refractivity contribution in [2.45, 2.75) is 0 Å².